The zero-order valence-electron chi connectivity index (χ0n) is 11.6. The molecule has 0 aromatic heterocycles. The molecule has 21 heavy (non-hydrogen) atoms. The van der Waals surface area contributed by atoms with Crippen molar-refractivity contribution in [3.05, 3.63) is 63.6 Å². The van der Waals surface area contributed by atoms with Gasteiger partial charge in [-0.1, -0.05) is 28.9 Å². The highest BCUT2D eigenvalue weighted by Gasteiger charge is 2.10. The SMILES string of the molecule is CCN(Cc1ccc(F)c(F)c1)Cc1cc(Br)ccc1O. The smallest absolute Gasteiger partial charge is 0.159 e. The molecule has 0 amide bonds. The van der Waals surface area contributed by atoms with Gasteiger partial charge < -0.3 is 5.11 Å². The fourth-order valence-electron chi connectivity index (χ4n) is 2.10. The highest BCUT2D eigenvalue weighted by atomic mass is 79.9. The highest BCUT2D eigenvalue weighted by Crippen LogP contribution is 2.24. The summed E-state index contributed by atoms with van der Waals surface area (Å²) in [5.74, 6) is -1.46. The van der Waals surface area contributed by atoms with Gasteiger partial charge in [0.2, 0.25) is 0 Å². The summed E-state index contributed by atoms with van der Waals surface area (Å²) in [7, 11) is 0. The van der Waals surface area contributed by atoms with E-state index in [0.29, 0.717) is 18.7 Å². The third-order valence-electron chi connectivity index (χ3n) is 3.27. The number of hydrogen-bond donors (Lipinski definition) is 1. The number of rotatable bonds is 5. The number of phenols is 1. The molecule has 1 N–H and O–H groups in total. The molecule has 2 aromatic rings. The van der Waals surface area contributed by atoms with Crippen molar-refractivity contribution >= 4 is 15.9 Å². The van der Waals surface area contributed by atoms with Crippen molar-refractivity contribution in [1.29, 1.82) is 0 Å². The van der Waals surface area contributed by atoms with Crippen LogP contribution < -0.4 is 0 Å². The molecule has 5 heteroatoms. The Morgan fingerprint density at radius 1 is 1.05 bits per heavy atom. The Kier molecular flexibility index (Phi) is 5.31. The minimum atomic E-state index is -0.841. The molecular formula is C16H16BrF2NO. The molecule has 0 bridgehead atoms. The number of hydrogen-bond acceptors (Lipinski definition) is 2. The zero-order valence-corrected chi connectivity index (χ0v) is 13.2. The summed E-state index contributed by atoms with van der Waals surface area (Å²) in [4.78, 5) is 2.04. The Morgan fingerprint density at radius 3 is 2.48 bits per heavy atom. The van der Waals surface area contributed by atoms with Gasteiger partial charge in [-0.15, -0.1) is 0 Å². The third kappa shape index (κ3) is 4.25. The van der Waals surface area contributed by atoms with Gasteiger partial charge in [0.25, 0.3) is 0 Å². The van der Waals surface area contributed by atoms with Gasteiger partial charge in [0.1, 0.15) is 5.75 Å². The average molecular weight is 356 g/mol. The summed E-state index contributed by atoms with van der Waals surface area (Å²) in [6.07, 6.45) is 0. The lowest BCUT2D eigenvalue weighted by molar-refractivity contribution is 0.266. The molecule has 0 fully saturated rings. The molecular weight excluding hydrogens is 340 g/mol. The molecule has 0 heterocycles. The number of aromatic hydroxyl groups is 1. The van der Waals surface area contributed by atoms with Crippen molar-refractivity contribution in [1.82, 2.24) is 4.90 Å². The maximum absolute atomic E-state index is 13.2. The van der Waals surface area contributed by atoms with Crippen molar-refractivity contribution in [2.24, 2.45) is 0 Å². The van der Waals surface area contributed by atoms with Crippen molar-refractivity contribution in [2.45, 2.75) is 20.0 Å². The molecule has 0 unspecified atom stereocenters. The molecule has 0 saturated heterocycles. The van der Waals surface area contributed by atoms with E-state index in [2.05, 4.69) is 15.9 Å². The number of halogens is 3. The van der Waals surface area contributed by atoms with Gasteiger partial charge >= 0.3 is 0 Å². The molecule has 0 atom stereocenters. The van der Waals surface area contributed by atoms with Gasteiger partial charge in [-0.3, -0.25) is 4.90 Å². The normalized spacial score (nSPS) is 11.1. The van der Waals surface area contributed by atoms with Gasteiger partial charge in [0.05, 0.1) is 0 Å². The maximum Gasteiger partial charge on any atom is 0.159 e. The maximum atomic E-state index is 13.2. The van der Waals surface area contributed by atoms with Crippen LogP contribution in [0.2, 0.25) is 0 Å². The van der Waals surface area contributed by atoms with E-state index in [1.54, 1.807) is 18.2 Å². The molecule has 0 aliphatic carbocycles. The second-order valence-electron chi connectivity index (χ2n) is 4.82. The number of nitrogens with zero attached hydrogens (tertiary/aromatic N) is 1. The lowest BCUT2D eigenvalue weighted by atomic mass is 10.1. The molecule has 0 radical (unpaired) electrons. The molecule has 2 nitrogen and oxygen atoms in total. The van der Waals surface area contributed by atoms with Crippen LogP contribution in [-0.2, 0) is 13.1 Å². The van der Waals surface area contributed by atoms with E-state index in [1.807, 2.05) is 17.9 Å². The standard InChI is InChI=1S/C16H16BrF2NO/c1-2-20(9-11-3-5-14(18)15(19)7-11)10-12-8-13(17)4-6-16(12)21/h3-8,21H,2,9-10H2,1H3. The van der Waals surface area contributed by atoms with Crippen LogP contribution in [0.4, 0.5) is 8.78 Å². The lowest BCUT2D eigenvalue weighted by Crippen LogP contribution is -2.22. The predicted molar refractivity (Wildman–Crippen MR) is 82.0 cm³/mol. The van der Waals surface area contributed by atoms with Crippen LogP contribution in [0.25, 0.3) is 0 Å². The Hall–Kier alpha value is -1.46. The first-order valence-corrected chi connectivity index (χ1v) is 7.42. The lowest BCUT2D eigenvalue weighted by Gasteiger charge is -2.21. The van der Waals surface area contributed by atoms with E-state index in [1.165, 1.54) is 6.07 Å². The molecule has 112 valence electrons. The first-order chi connectivity index (χ1) is 9.99. The van der Waals surface area contributed by atoms with Gasteiger partial charge in [0, 0.05) is 23.1 Å². The number of benzene rings is 2. The van der Waals surface area contributed by atoms with Crippen LogP contribution >= 0.6 is 15.9 Å². The van der Waals surface area contributed by atoms with E-state index in [-0.39, 0.29) is 5.75 Å². The molecule has 0 spiro atoms. The molecule has 0 saturated carbocycles. The Balaban J connectivity index is 2.12. The van der Waals surface area contributed by atoms with E-state index < -0.39 is 11.6 Å². The zero-order chi connectivity index (χ0) is 15.4. The van der Waals surface area contributed by atoms with Gasteiger partial charge in [-0.05, 0) is 42.4 Å². The van der Waals surface area contributed by atoms with Gasteiger partial charge in [-0.25, -0.2) is 8.78 Å². The summed E-state index contributed by atoms with van der Waals surface area (Å²) in [5.41, 5.74) is 1.49. The average Bonchev–Trinajstić information content (AvgIpc) is 2.46. The van der Waals surface area contributed by atoms with Crippen molar-refractivity contribution < 1.29 is 13.9 Å². The van der Waals surface area contributed by atoms with E-state index >= 15 is 0 Å². The molecule has 0 aliphatic heterocycles. The summed E-state index contributed by atoms with van der Waals surface area (Å²) in [5, 5.41) is 9.87. The van der Waals surface area contributed by atoms with Crippen molar-refractivity contribution in [3.63, 3.8) is 0 Å². The van der Waals surface area contributed by atoms with Gasteiger partial charge in [0.15, 0.2) is 11.6 Å². The molecule has 0 aliphatic rings. The Labute approximate surface area is 131 Å². The van der Waals surface area contributed by atoms with Crippen LogP contribution in [0.15, 0.2) is 40.9 Å². The predicted octanol–water partition coefficient (Wildman–Crippen LogP) is 4.46. The minimum Gasteiger partial charge on any atom is -0.508 e. The van der Waals surface area contributed by atoms with E-state index in [4.69, 9.17) is 0 Å². The first-order valence-electron chi connectivity index (χ1n) is 6.63. The van der Waals surface area contributed by atoms with Crippen LogP contribution in [0.3, 0.4) is 0 Å². The van der Waals surface area contributed by atoms with Gasteiger partial charge in [-0.2, -0.15) is 0 Å². The second kappa shape index (κ2) is 7.00. The minimum absolute atomic E-state index is 0.224. The second-order valence-corrected chi connectivity index (χ2v) is 5.74. The fraction of sp³-hybridized carbons (Fsp3) is 0.250. The largest absolute Gasteiger partial charge is 0.508 e. The molecule has 2 aromatic carbocycles. The van der Waals surface area contributed by atoms with E-state index in [9.17, 15) is 13.9 Å². The Morgan fingerprint density at radius 2 is 1.81 bits per heavy atom. The fourth-order valence-corrected chi connectivity index (χ4v) is 2.51. The van der Waals surface area contributed by atoms with Crippen LogP contribution in [0, 0.1) is 11.6 Å². The van der Waals surface area contributed by atoms with Crippen molar-refractivity contribution in [3.8, 4) is 5.75 Å². The summed E-state index contributed by atoms with van der Waals surface area (Å²) in [6, 6.07) is 9.16. The highest BCUT2D eigenvalue weighted by molar-refractivity contribution is 9.10. The monoisotopic (exact) mass is 355 g/mol. The summed E-state index contributed by atoms with van der Waals surface area (Å²) < 4.78 is 27.1. The van der Waals surface area contributed by atoms with Crippen LogP contribution in [0.5, 0.6) is 5.75 Å². The van der Waals surface area contributed by atoms with E-state index in [0.717, 1.165) is 22.6 Å². The summed E-state index contributed by atoms with van der Waals surface area (Å²) >= 11 is 3.37. The number of phenolic OH excluding ortho intramolecular Hbond substituents is 1. The topological polar surface area (TPSA) is 23.5 Å². The first kappa shape index (κ1) is 15.9. The van der Waals surface area contributed by atoms with Crippen LogP contribution in [-0.4, -0.2) is 16.6 Å². The third-order valence-corrected chi connectivity index (χ3v) is 3.77. The summed E-state index contributed by atoms with van der Waals surface area (Å²) in [6.45, 7) is 3.72. The van der Waals surface area contributed by atoms with Crippen LogP contribution in [0.1, 0.15) is 18.1 Å². The quantitative estimate of drug-likeness (QED) is 0.855. The van der Waals surface area contributed by atoms with Crippen molar-refractivity contribution in [2.75, 3.05) is 6.54 Å². The Bertz CT molecular complexity index is 634. The molecule has 2 rings (SSSR count).